The van der Waals surface area contributed by atoms with Crippen LogP contribution in [0, 0.1) is 5.41 Å². The number of rotatable bonds is 13. The molecule has 0 bridgehead atoms. The van der Waals surface area contributed by atoms with Gasteiger partial charge in [0.1, 0.15) is 12.2 Å². The minimum Gasteiger partial charge on any atom is -0.459 e. The van der Waals surface area contributed by atoms with Gasteiger partial charge in [-0.1, -0.05) is 82.2 Å². The van der Waals surface area contributed by atoms with Gasteiger partial charge in [0.25, 0.3) is 0 Å². The molecule has 178 valence electrons. The number of carbonyl (C=O) groups is 2. The number of hydrogen-bond acceptors (Lipinski definition) is 4. The fourth-order valence-corrected chi connectivity index (χ4v) is 3.78. The molecule has 4 heteroatoms. The molecule has 0 aliphatic rings. The number of allylic oxidation sites excluding steroid dienone is 2. The maximum absolute atomic E-state index is 12.8. The number of esters is 2. The summed E-state index contributed by atoms with van der Waals surface area (Å²) >= 11 is 0. The summed E-state index contributed by atoms with van der Waals surface area (Å²) in [6.45, 7) is 8.34. The van der Waals surface area contributed by atoms with Crippen LogP contribution in [0.3, 0.4) is 0 Å². The van der Waals surface area contributed by atoms with E-state index in [1.807, 2.05) is 31.2 Å². The molecule has 0 N–H and O–H groups in total. The predicted molar refractivity (Wildman–Crippen MR) is 133 cm³/mol. The van der Waals surface area contributed by atoms with Crippen LogP contribution in [0.15, 0.2) is 72.8 Å². The first-order valence-electron chi connectivity index (χ1n) is 12.0. The van der Waals surface area contributed by atoms with Crippen molar-refractivity contribution >= 4 is 11.9 Å². The van der Waals surface area contributed by atoms with Gasteiger partial charge in [0, 0.05) is 6.42 Å². The Morgan fingerprint density at radius 1 is 0.879 bits per heavy atom. The first kappa shape index (κ1) is 26.4. The third-order valence-corrected chi connectivity index (χ3v) is 5.49. The van der Waals surface area contributed by atoms with Crippen LogP contribution in [0.25, 0.3) is 0 Å². The van der Waals surface area contributed by atoms with E-state index in [1.165, 1.54) is 19.3 Å². The monoisotopic (exact) mass is 450 g/mol. The normalized spacial score (nSPS) is 13.5. The molecule has 0 saturated heterocycles. The number of ether oxygens (including phenoxy) is 2. The average Bonchev–Trinajstić information content (AvgIpc) is 2.79. The molecule has 2 unspecified atom stereocenters. The Hall–Kier alpha value is -2.88. The second kappa shape index (κ2) is 13.6. The van der Waals surface area contributed by atoms with Crippen molar-refractivity contribution in [2.24, 2.45) is 5.41 Å². The zero-order valence-corrected chi connectivity index (χ0v) is 20.5. The van der Waals surface area contributed by atoms with Crippen molar-refractivity contribution in [3.8, 4) is 0 Å². The van der Waals surface area contributed by atoms with Crippen LogP contribution in [0.1, 0.15) is 86.9 Å². The van der Waals surface area contributed by atoms with E-state index in [0.717, 1.165) is 6.42 Å². The van der Waals surface area contributed by atoms with E-state index in [4.69, 9.17) is 9.47 Å². The Kier molecular flexibility index (Phi) is 10.9. The lowest BCUT2D eigenvalue weighted by atomic mass is 9.84. The highest BCUT2D eigenvalue weighted by Gasteiger charge is 2.27. The molecule has 4 nitrogen and oxygen atoms in total. The molecular formula is C29H38O4. The Balaban J connectivity index is 2.05. The highest BCUT2D eigenvalue weighted by molar-refractivity contribution is 5.90. The van der Waals surface area contributed by atoms with E-state index in [9.17, 15) is 9.59 Å². The summed E-state index contributed by atoms with van der Waals surface area (Å²) in [5.74, 6) is -0.726. The van der Waals surface area contributed by atoms with Gasteiger partial charge in [-0.3, -0.25) is 0 Å². The molecule has 2 aromatic rings. The van der Waals surface area contributed by atoms with Gasteiger partial charge in [0.15, 0.2) is 0 Å². The lowest BCUT2D eigenvalue weighted by molar-refractivity contribution is -0.00396. The molecule has 0 spiro atoms. The van der Waals surface area contributed by atoms with Crippen LogP contribution in [0.4, 0.5) is 0 Å². The van der Waals surface area contributed by atoms with Gasteiger partial charge in [-0.25, -0.2) is 9.59 Å². The Bertz CT molecular complexity index is 871. The molecule has 0 heterocycles. The summed E-state index contributed by atoms with van der Waals surface area (Å²) in [4.78, 5) is 25.2. The van der Waals surface area contributed by atoms with Crippen molar-refractivity contribution in [3.05, 3.63) is 83.9 Å². The second-order valence-corrected chi connectivity index (χ2v) is 9.30. The average molecular weight is 451 g/mol. The third kappa shape index (κ3) is 10.1. The van der Waals surface area contributed by atoms with Gasteiger partial charge in [-0.15, -0.1) is 0 Å². The van der Waals surface area contributed by atoms with Crippen LogP contribution in [0.2, 0.25) is 0 Å². The highest BCUT2D eigenvalue weighted by Crippen LogP contribution is 2.29. The summed E-state index contributed by atoms with van der Waals surface area (Å²) < 4.78 is 11.6. The summed E-state index contributed by atoms with van der Waals surface area (Å²) in [6.07, 6.45) is 9.41. The number of benzene rings is 2. The SMILES string of the molecule is CCCCCC=CC(C)(C)CC(CC(C)OC(=O)c1ccccc1)OC(=O)c1ccccc1. The Morgan fingerprint density at radius 2 is 1.42 bits per heavy atom. The van der Waals surface area contributed by atoms with E-state index in [2.05, 4.69) is 32.9 Å². The zero-order valence-electron chi connectivity index (χ0n) is 20.5. The van der Waals surface area contributed by atoms with Crippen molar-refractivity contribution in [1.29, 1.82) is 0 Å². The first-order chi connectivity index (χ1) is 15.8. The second-order valence-electron chi connectivity index (χ2n) is 9.30. The topological polar surface area (TPSA) is 52.6 Å². The van der Waals surface area contributed by atoms with Crippen LogP contribution < -0.4 is 0 Å². The number of unbranched alkanes of at least 4 members (excludes halogenated alkanes) is 3. The van der Waals surface area contributed by atoms with Gasteiger partial charge in [0.05, 0.1) is 11.1 Å². The quantitative estimate of drug-likeness (QED) is 0.181. The van der Waals surface area contributed by atoms with Gasteiger partial charge < -0.3 is 9.47 Å². The zero-order chi connectivity index (χ0) is 24.1. The van der Waals surface area contributed by atoms with E-state index < -0.39 is 6.10 Å². The van der Waals surface area contributed by atoms with E-state index in [1.54, 1.807) is 36.4 Å². The summed E-state index contributed by atoms with van der Waals surface area (Å²) in [6, 6.07) is 17.9. The van der Waals surface area contributed by atoms with Crippen LogP contribution in [-0.2, 0) is 9.47 Å². The van der Waals surface area contributed by atoms with Gasteiger partial charge in [-0.2, -0.15) is 0 Å². The maximum Gasteiger partial charge on any atom is 0.338 e. The number of carbonyl (C=O) groups excluding carboxylic acids is 2. The van der Waals surface area contributed by atoms with Gasteiger partial charge >= 0.3 is 11.9 Å². The lowest BCUT2D eigenvalue weighted by Crippen LogP contribution is -2.29. The fourth-order valence-electron chi connectivity index (χ4n) is 3.78. The molecule has 0 fully saturated rings. The molecule has 0 aromatic heterocycles. The molecule has 2 atom stereocenters. The van der Waals surface area contributed by atoms with Crippen molar-refractivity contribution in [2.75, 3.05) is 0 Å². The van der Waals surface area contributed by atoms with Crippen molar-refractivity contribution in [2.45, 2.75) is 78.4 Å². The van der Waals surface area contributed by atoms with Crippen LogP contribution >= 0.6 is 0 Å². The lowest BCUT2D eigenvalue weighted by Gasteiger charge is -2.29. The molecule has 2 rings (SSSR count). The van der Waals surface area contributed by atoms with Crippen molar-refractivity contribution in [1.82, 2.24) is 0 Å². The molecule has 2 aromatic carbocycles. The van der Waals surface area contributed by atoms with Crippen molar-refractivity contribution in [3.63, 3.8) is 0 Å². The fraction of sp³-hybridized carbons (Fsp3) is 0.448. The highest BCUT2D eigenvalue weighted by atomic mass is 16.6. The molecular weight excluding hydrogens is 412 g/mol. The first-order valence-corrected chi connectivity index (χ1v) is 12.0. The molecule has 0 radical (unpaired) electrons. The number of hydrogen-bond donors (Lipinski definition) is 0. The molecule has 33 heavy (non-hydrogen) atoms. The van der Waals surface area contributed by atoms with Gasteiger partial charge in [-0.05, 0) is 55.9 Å². The minimum atomic E-state index is -0.393. The molecule has 0 saturated carbocycles. The predicted octanol–water partition coefficient (Wildman–Crippen LogP) is 7.40. The van der Waals surface area contributed by atoms with E-state index >= 15 is 0 Å². The molecule has 0 amide bonds. The van der Waals surface area contributed by atoms with E-state index in [0.29, 0.717) is 24.0 Å². The maximum atomic E-state index is 12.8. The Morgan fingerprint density at radius 3 is 1.97 bits per heavy atom. The van der Waals surface area contributed by atoms with Gasteiger partial charge in [0.2, 0.25) is 0 Å². The molecule has 0 aliphatic heterocycles. The smallest absolute Gasteiger partial charge is 0.338 e. The largest absolute Gasteiger partial charge is 0.459 e. The minimum absolute atomic E-state index is 0.156. The van der Waals surface area contributed by atoms with Crippen molar-refractivity contribution < 1.29 is 19.1 Å². The van der Waals surface area contributed by atoms with E-state index in [-0.39, 0.29) is 23.5 Å². The van der Waals surface area contributed by atoms with Crippen LogP contribution in [-0.4, -0.2) is 24.1 Å². The summed E-state index contributed by atoms with van der Waals surface area (Å²) in [7, 11) is 0. The standard InChI is InChI=1S/C29H38O4/c1-5-6-7-8-15-20-29(3,4)22-26(33-28(31)25-18-13-10-14-19-25)21-23(2)32-27(30)24-16-11-9-12-17-24/h9-20,23,26H,5-8,21-22H2,1-4H3. The molecule has 0 aliphatic carbocycles. The van der Waals surface area contributed by atoms with Crippen LogP contribution in [0.5, 0.6) is 0 Å². The summed E-state index contributed by atoms with van der Waals surface area (Å²) in [5, 5.41) is 0. The third-order valence-electron chi connectivity index (χ3n) is 5.49. The Labute approximate surface area is 199 Å². The summed E-state index contributed by atoms with van der Waals surface area (Å²) in [5.41, 5.74) is 0.874.